The van der Waals surface area contributed by atoms with Gasteiger partial charge in [0.1, 0.15) is 36.9 Å². The zero-order valence-electron chi connectivity index (χ0n) is 32.6. The number of aliphatic hydroxyl groups is 2. The van der Waals surface area contributed by atoms with E-state index in [1.165, 1.54) is 12.5 Å². The largest absolute Gasteiger partial charge is 0.457 e. The fraction of sp³-hybridized carbons (Fsp3) is 0.442. The van der Waals surface area contributed by atoms with Crippen LogP contribution in [0, 0.1) is 10.8 Å². The van der Waals surface area contributed by atoms with Gasteiger partial charge in [0.05, 0.1) is 24.7 Å². The number of hydrogen-bond acceptors (Lipinski definition) is 12. The zero-order valence-corrected chi connectivity index (χ0v) is 32.6. The van der Waals surface area contributed by atoms with Crippen molar-refractivity contribution < 1.29 is 47.6 Å². The van der Waals surface area contributed by atoms with Crippen molar-refractivity contribution in [3.63, 3.8) is 0 Å². The Labute approximate surface area is 323 Å². The van der Waals surface area contributed by atoms with Crippen molar-refractivity contribution in [3.8, 4) is 0 Å². The Kier molecular flexibility index (Phi) is 15.7. The van der Waals surface area contributed by atoms with Crippen molar-refractivity contribution in [2.45, 2.75) is 104 Å². The summed E-state index contributed by atoms with van der Waals surface area (Å²) in [7, 11) is 1.56. The number of carbonyl (C=O) groups is 2. The number of esters is 2. The van der Waals surface area contributed by atoms with Crippen molar-refractivity contribution >= 4 is 18.0 Å². The number of methoxy groups -OCH3 is 1. The summed E-state index contributed by atoms with van der Waals surface area (Å²) in [4.78, 5) is 35.2. The van der Waals surface area contributed by atoms with Crippen LogP contribution in [-0.2, 0) is 25.4 Å². The van der Waals surface area contributed by atoms with Crippen LogP contribution < -0.4 is 0 Å². The molecule has 7 atom stereocenters. The van der Waals surface area contributed by atoms with Crippen molar-refractivity contribution in [1.82, 2.24) is 9.97 Å². The van der Waals surface area contributed by atoms with Crippen LogP contribution in [0.1, 0.15) is 87.1 Å². The summed E-state index contributed by atoms with van der Waals surface area (Å²) in [5, 5.41) is 21.8. The molecule has 55 heavy (non-hydrogen) atoms. The zero-order chi connectivity index (χ0) is 40.0. The SMILES string of the molecule is C/C=C/C(O)C(C)(C)C1C/C=C/C=C/C=C/C(OC)Cc2nc(co2)C(=O)OC(C(C)(C)C(O)/C=C/C)C/C=C\[C@H]2O[C@H]2/C=C/C=C\c2nc(co2)C(=O)O1. The quantitative estimate of drug-likeness (QED) is 0.165. The second kappa shape index (κ2) is 20.2. The Morgan fingerprint density at radius 1 is 0.745 bits per heavy atom. The topological polar surface area (TPSA) is 167 Å². The number of oxazole rings is 2. The molecule has 5 unspecified atom stereocenters. The first kappa shape index (κ1) is 42.9. The monoisotopic (exact) mass is 758 g/mol. The van der Waals surface area contributed by atoms with Gasteiger partial charge in [0, 0.05) is 36.9 Å². The molecule has 0 saturated carbocycles. The maximum atomic E-state index is 13.3. The second-order valence-electron chi connectivity index (χ2n) is 14.5. The molecule has 2 aromatic rings. The third-order valence-electron chi connectivity index (χ3n) is 9.64. The van der Waals surface area contributed by atoms with E-state index in [9.17, 15) is 19.8 Å². The molecule has 4 heterocycles. The van der Waals surface area contributed by atoms with E-state index in [-0.39, 0.29) is 35.9 Å². The Hall–Kier alpha value is -4.88. The summed E-state index contributed by atoms with van der Waals surface area (Å²) in [6.45, 7) is 11.0. The summed E-state index contributed by atoms with van der Waals surface area (Å²) in [6, 6.07) is 0. The number of fused-ring (bicyclic) bond motifs is 5. The maximum Gasteiger partial charge on any atom is 0.360 e. The van der Waals surface area contributed by atoms with Gasteiger partial charge >= 0.3 is 11.9 Å². The molecule has 2 aromatic heterocycles. The van der Waals surface area contributed by atoms with E-state index in [2.05, 4.69) is 9.97 Å². The molecule has 296 valence electrons. The van der Waals surface area contributed by atoms with Gasteiger partial charge in [-0.1, -0.05) is 119 Å². The van der Waals surface area contributed by atoms with Crippen molar-refractivity contribution in [2.24, 2.45) is 10.8 Å². The summed E-state index contributed by atoms with van der Waals surface area (Å²) in [5.41, 5.74) is -1.66. The van der Waals surface area contributed by atoms with Crippen LogP contribution in [0.5, 0.6) is 0 Å². The van der Waals surface area contributed by atoms with Crippen LogP contribution in [-0.4, -0.2) is 82.0 Å². The molecule has 2 aliphatic rings. The van der Waals surface area contributed by atoms with Gasteiger partial charge in [-0.2, -0.15) is 0 Å². The average molecular weight is 759 g/mol. The number of epoxide rings is 1. The van der Waals surface area contributed by atoms with E-state index in [0.29, 0.717) is 18.7 Å². The lowest BCUT2D eigenvalue weighted by Crippen LogP contribution is -2.42. The van der Waals surface area contributed by atoms with E-state index >= 15 is 0 Å². The van der Waals surface area contributed by atoms with Gasteiger partial charge in [0.15, 0.2) is 17.3 Å². The predicted molar refractivity (Wildman–Crippen MR) is 208 cm³/mol. The smallest absolute Gasteiger partial charge is 0.360 e. The first-order valence-electron chi connectivity index (χ1n) is 18.4. The molecule has 0 aliphatic carbocycles. The van der Waals surface area contributed by atoms with Gasteiger partial charge in [-0.25, -0.2) is 19.6 Å². The third kappa shape index (κ3) is 12.3. The maximum absolute atomic E-state index is 13.3. The first-order chi connectivity index (χ1) is 26.3. The minimum absolute atomic E-state index is 0.00780. The number of allylic oxidation sites excluding steroid dienone is 8. The standard InChI is InChI=1S/C43H54N2O10/c1-8-18-34(46)42(3,4)36-23-14-12-10-11-13-20-29(50-7)26-39-45-31(28-52-39)41(49)55-37(43(5,6)35(47)19-9-2)24-17-22-33-32(53-33)21-15-16-25-38-44-30(27-51-38)40(48)54-36/h8-22,25,27-29,32-37,46-47H,23-24,26H2,1-7H3/b11-10+,14-12+,18-8+,19-9+,20-13+,21-15+,22-17-,25-16-/t29?,32-,33+,34?,35?,36?,37?/m0/s1. The number of carbonyl (C=O) groups excluding carboxylic acids is 2. The number of aliphatic hydroxyl groups excluding tert-OH is 2. The lowest BCUT2D eigenvalue weighted by molar-refractivity contribution is -0.0461. The first-order valence-corrected chi connectivity index (χ1v) is 18.4. The molecule has 12 nitrogen and oxygen atoms in total. The van der Waals surface area contributed by atoms with Crippen molar-refractivity contribution in [3.05, 3.63) is 127 Å². The minimum Gasteiger partial charge on any atom is -0.457 e. The highest BCUT2D eigenvalue weighted by Crippen LogP contribution is 2.34. The molecule has 2 N–H and O–H groups in total. The molecule has 2 aliphatic heterocycles. The van der Waals surface area contributed by atoms with Crippen molar-refractivity contribution in [2.75, 3.05) is 7.11 Å². The molecule has 4 rings (SSSR count). The summed E-state index contributed by atoms with van der Waals surface area (Å²) in [6.07, 6.45) is 28.0. The van der Waals surface area contributed by atoms with E-state index in [4.69, 9.17) is 27.8 Å². The number of ether oxygens (including phenoxy) is 4. The Bertz CT molecular complexity index is 1800. The Morgan fingerprint density at radius 2 is 1.31 bits per heavy atom. The molecule has 0 spiro atoms. The fourth-order valence-electron chi connectivity index (χ4n) is 5.68. The summed E-state index contributed by atoms with van der Waals surface area (Å²) < 4.78 is 34.3. The van der Waals surface area contributed by atoms with Crippen LogP contribution in [0.15, 0.2) is 113 Å². The lowest BCUT2D eigenvalue weighted by Gasteiger charge is -2.36. The highest BCUT2D eigenvalue weighted by molar-refractivity contribution is 5.87. The van der Waals surface area contributed by atoms with E-state index < -0.39 is 53.3 Å². The molecule has 0 amide bonds. The fourth-order valence-corrected chi connectivity index (χ4v) is 5.68. The average Bonchev–Trinajstić information content (AvgIpc) is 3.47. The third-order valence-corrected chi connectivity index (χ3v) is 9.64. The summed E-state index contributed by atoms with van der Waals surface area (Å²) in [5.74, 6) is -0.828. The van der Waals surface area contributed by atoms with Gasteiger partial charge in [0.2, 0.25) is 5.89 Å². The van der Waals surface area contributed by atoms with Gasteiger partial charge in [0.25, 0.3) is 0 Å². The highest BCUT2D eigenvalue weighted by atomic mass is 16.6. The molecule has 1 saturated heterocycles. The lowest BCUT2D eigenvalue weighted by atomic mass is 9.79. The minimum atomic E-state index is -0.880. The van der Waals surface area contributed by atoms with E-state index in [0.717, 1.165) is 0 Å². The number of aromatic nitrogens is 2. The number of rotatable bonds is 7. The summed E-state index contributed by atoms with van der Waals surface area (Å²) >= 11 is 0. The Balaban J connectivity index is 1.58. The van der Waals surface area contributed by atoms with Crippen LogP contribution in [0.4, 0.5) is 0 Å². The molecular formula is C43H54N2O10. The normalized spacial score (nSPS) is 28.3. The second-order valence-corrected chi connectivity index (χ2v) is 14.5. The van der Waals surface area contributed by atoms with Crippen LogP contribution >= 0.6 is 0 Å². The molecular weight excluding hydrogens is 704 g/mol. The molecule has 1 fully saturated rings. The van der Waals surface area contributed by atoms with Gasteiger partial charge in [-0.05, 0) is 13.8 Å². The molecule has 12 heteroatoms. The van der Waals surface area contributed by atoms with Gasteiger partial charge in [-0.3, -0.25) is 0 Å². The highest BCUT2D eigenvalue weighted by Gasteiger charge is 2.40. The Morgan fingerprint density at radius 3 is 1.95 bits per heavy atom. The van der Waals surface area contributed by atoms with Gasteiger partial charge in [-0.15, -0.1) is 0 Å². The molecule has 4 bridgehead atoms. The van der Waals surface area contributed by atoms with Crippen LogP contribution in [0.25, 0.3) is 6.08 Å². The van der Waals surface area contributed by atoms with E-state index in [1.807, 2.05) is 96.2 Å². The van der Waals surface area contributed by atoms with Crippen LogP contribution in [0.3, 0.4) is 0 Å². The molecule has 0 aromatic carbocycles. The van der Waals surface area contributed by atoms with Crippen molar-refractivity contribution in [1.29, 1.82) is 0 Å². The van der Waals surface area contributed by atoms with Crippen LogP contribution in [0.2, 0.25) is 0 Å². The number of cyclic esters (lactones) is 2. The van der Waals surface area contributed by atoms with Gasteiger partial charge < -0.3 is 38.0 Å². The molecule has 0 radical (unpaired) electrons. The number of hydrogen-bond donors (Lipinski definition) is 2. The number of nitrogens with zero attached hydrogens (tertiary/aromatic N) is 2. The predicted octanol–water partition coefficient (Wildman–Crippen LogP) is 7.25. The van der Waals surface area contributed by atoms with E-state index in [1.54, 1.807) is 49.6 Å².